The minimum atomic E-state index is -3.52. The molecule has 2 aromatic heterocycles. The molecule has 0 saturated carbocycles. The molecule has 0 aromatic carbocycles. The summed E-state index contributed by atoms with van der Waals surface area (Å²) >= 11 is 0. The zero-order chi connectivity index (χ0) is 13.2. The lowest BCUT2D eigenvalue weighted by molar-refractivity contribution is 0.479. The van der Waals surface area contributed by atoms with Crippen LogP contribution in [0.4, 0.5) is 0 Å². The number of sulfonamides is 1. The van der Waals surface area contributed by atoms with Crippen LogP contribution in [0.25, 0.3) is 0 Å². The van der Waals surface area contributed by atoms with E-state index in [0.717, 1.165) is 5.76 Å². The predicted molar refractivity (Wildman–Crippen MR) is 65.4 cm³/mol. The highest BCUT2D eigenvalue weighted by Gasteiger charge is 2.19. The monoisotopic (exact) mass is 269 g/mol. The van der Waals surface area contributed by atoms with Crippen LogP contribution in [0, 0.1) is 0 Å². The quantitative estimate of drug-likeness (QED) is 0.875. The summed E-state index contributed by atoms with van der Waals surface area (Å²) in [7, 11) is -1.84. The third kappa shape index (κ3) is 2.99. The van der Waals surface area contributed by atoms with E-state index in [9.17, 15) is 8.42 Å². The van der Waals surface area contributed by atoms with Gasteiger partial charge in [0.2, 0.25) is 10.0 Å². The Morgan fingerprint density at radius 1 is 1.56 bits per heavy atom. The molecule has 2 aromatic rings. The maximum atomic E-state index is 12.0. The van der Waals surface area contributed by atoms with E-state index < -0.39 is 10.0 Å². The van der Waals surface area contributed by atoms with E-state index in [2.05, 4.69) is 9.82 Å². The minimum Gasteiger partial charge on any atom is -0.469 e. The van der Waals surface area contributed by atoms with E-state index in [-0.39, 0.29) is 10.9 Å². The van der Waals surface area contributed by atoms with Crippen molar-refractivity contribution in [2.75, 3.05) is 0 Å². The van der Waals surface area contributed by atoms with E-state index >= 15 is 0 Å². The molecular weight excluding hydrogens is 254 g/mol. The van der Waals surface area contributed by atoms with Crippen LogP contribution in [0.3, 0.4) is 0 Å². The molecule has 0 amide bonds. The fourth-order valence-electron chi connectivity index (χ4n) is 1.64. The molecule has 0 saturated heterocycles. The molecule has 1 atom stereocenters. The summed E-state index contributed by atoms with van der Waals surface area (Å²) in [5.41, 5.74) is 0. The van der Waals surface area contributed by atoms with Crippen molar-refractivity contribution in [3.63, 3.8) is 0 Å². The van der Waals surface area contributed by atoms with Gasteiger partial charge < -0.3 is 4.42 Å². The molecule has 1 unspecified atom stereocenters. The zero-order valence-corrected chi connectivity index (χ0v) is 11.0. The van der Waals surface area contributed by atoms with Gasteiger partial charge in [0.05, 0.1) is 12.5 Å². The highest BCUT2D eigenvalue weighted by Crippen LogP contribution is 2.09. The van der Waals surface area contributed by atoms with Crippen LogP contribution in [0.2, 0.25) is 0 Å². The molecule has 0 aliphatic rings. The van der Waals surface area contributed by atoms with E-state index in [1.165, 1.54) is 17.1 Å². The van der Waals surface area contributed by atoms with Gasteiger partial charge >= 0.3 is 0 Å². The molecule has 0 aliphatic carbocycles. The molecule has 0 radical (unpaired) electrons. The Balaban J connectivity index is 2.04. The van der Waals surface area contributed by atoms with Crippen LogP contribution in [0.15, 0.2) is 40.1 Å². The van der Waals surface area contributed by atoms with Crippen molar-refractivity contribution in [1.82, 2.24) is 14.5 Å². The second kappa shape index (κ2) is 4.95. The molecule has 7 heteroatoms. The average Bonchev–Trinajstić information content (AvgIpc) is 2.88. The van der Waals surface area contributed by atoms with Crippen molar-refractivity contribution in [3.8, 4) is 0 Å². The van der Waals surface area contributed by atoms with Crippen LogP contribution in [-0.4, -0.2) is 24.2 Å². The van der Waals surface area contributed by atoms with E-state index in [1.54, 1.807) is 26.3 Å². The Labute approximate surface area is 106 Å². The maximum absolute atomic E-state index is 12.0. The van der Waals surface area contributed by atoms with Crippen molar-refractivity contribution < 1.29 is 12.8 Å². The summed E-state index contributed by atoms with van der Waals surface area (Å²) in [6.07, 6.45) is 4.86. The second-order valence-electron chi connectivity index (χ2n) is 4.16. The fourth-order valence-corrected chi connectivity index (χ4v) is 2.87. The highest BCUT2D eigenvalue weighted by atomic mass is 32.2. The first-order valence-electron chi connectivity index (χ1n) is 5.51. The summed E-state index contributed by atoms with van der Waals surface area (Å²) in [5, 5.41) is 3.84. The summed E-state index contributed by atoms with van der Waals surface area (Å²) in [6.45, 7) is 1.79. The van der Waals surface area contributed by atoms with E-state index in [0.29, 0.717) is 6.42 Å². The average molecular weight is 269 g/mol. The minimum absolute atomic E-state index is 0.163. The van der Waals surface area contributed by atoms with Crippen LogP contribution >= 0.6 is 0 Å². The smallest absolute Gasteiger partial charge is 0.243 e. The number of aromatic nitrogens is 2. The Kier molecular flexibility index (Phi) is 3.53. The number of nitrogens with zero attached hydrogens (tertiary/aromatic N) is 2. The SMILES string of the molecule is CC(Cc1ccco1)NS(=O)(=O)c1cnn(C)c1. The van der Waals surface area contributed by atoms with Gasteiger partial charge in [-0.1, -0.05) is 0 Å². The Morgan fingerprint density at radius 3 is 2.89 bits per heavy atom. The van der Waals surface area contributed by atoms with Gasteiger partial charge in [-0.25, -0.2) is 13.1 Å². The number of rotatable bonds is 5. The van der Waals surface area contributed by atoms with Gasteiger partial charge in [0.1, 0.15) is 10.7 Å². The van der Waals surface area contributed by atoms with Gasteiger partial charge in [-0.3, -0.25) is 4.68 Å². The van der Waals surface area contributed by atoms with Gasteiger partial charge in [0.25, 0.3) is 0 Å². The molecule has 0 aliphatic heterocycles. The fraction of sp³-hybridized carbons (Fsp3) is 0.364. The van der Waals surface area contributed by atoms with Crippen LogP contribution in [0.5, 0.6) is 0 Å². The number of hydrogen-bond acceptors (Lipinski definition) is 4. The van der Waals surface area contributed by atoms with Gasteiger partial charge in [-0.15, -0.1) is 0 Å². The van der Waals surface area contributed by atoms with Gasteiger partial charge in [0, 0.05) is 25.7 Å². The molecule has 0 bridgehead atoms. The highest BCUT2D eigenvalue weighted by molar-refractivity contribution is 7.89. The van der Waals surface area contributed by atoms with Crippen LogP contribution in [0.1, 0.15) is 12.7 Å². The number of furan rings is 1. The molecule has 2 rings (SSSR count). The summed E-state index contributed by atoms with van der Waals surface area (Å²) in [6, 6.07) is 3.34. The van der Waals surface area contributed by atoms with Crippen molar-refractivity contribution in [2.24, 2.45) is 7.05 Å². The number of aryl methyl sites for hydroxylation is 1. The summed E-state index contributed by atoms with van der Waals surface area (Å²) in [4.78, 5) is 0.163. The normalized spacial score (nSPS) is 13.7. The molecule has 0 fully saturated rings. The van der Waals surface area contributed by atoms with Gasteiger partial charge in [-0.2, -0.15) is 5.10 Å². The van der Waals surface area contributed by atoms with Crippen molar-refractivity contribution in [1.29, 1.82) is 0 Å². The predicted octanol–water partition coefficient (Wildman–Crippen LogP) is 0.923. The lowest BCUT2D eigenvalue weighted by Gasteiger charge is -2.11. The molecule has 6 nitrogen and oxygen atoms in total. The van der Waals surface area contributed by atoms with Crippen LogP contribution in [-0.2, 0) is 23.5 Å². The zero-order valence-electron chi connectivity index (χ0n) is 10.2. The van der Waals surface area contributed by atoms with Crippen molar-refractivity contribution in [3.05, 3.63) is 36.5 Å². The van der Waals surface area contributed by atoms with E-state index in [4.69, 9.17) is 4.42 Å². The van der Waals surface area contributed by atoms with Crippen molar-refractivity contribution >= 4 is 10.0 Å². The van der Waals surface area contributed by atoms with Crippen molar-refractivity contribution in [2.45, 2.75) is 24.3 Å². The standard InChI is InChI=1S/C11H15N3O3S/c1-9(6-10-4-3-5-17-10)13-18(15,16)11-7-12-14(2)8-11/h3-5,7-9,13H,6H2,1-2H3. The maximum Gasteiger partial charge on any atom is 0.243 e. The topological polar surface area (TPSA) is 77.1 Å². The lowest BCUT2D eigenvalue weighted by atomic mass is 10.2. The third-order valence-corrected chi connectivity index (χ3v) is 3.98. The molecular formula is C11H15N3O3S. The Hall–Kier alpha value is -1.60. The first-order chi connectivity index (χ1) is 8.47. The summed E-state index contributed by atoms with van der Waals surface area (Å²) < 4.78 is 33.2. The first-order valence-corrected chi connectivity index (χ1v) is 6.99. The molecule has 18 heavy (non-hydrogen) atoms. The van der Waals surface area contributed by atoms with Gasteiger partial charge in [0.15, 0.2) is 0 Å². The van der Waals surface area contributed by atoms with Crippen LogP contribution < -0.4 is 4.72 Å². The molecule has 0 spiro atoms. The van der Waals surface area contributed by atoms with E-state index in [1.807, 2.05) is 6.07 Å². The third-order valence-electron chi connectivity index (χ3n) is 2.44. The number of nitrogens with one attached hydrogen (secondary N) is 1. The lowest BCUT2D eigenvalue weighted by Crippen LogP contribution is -2.33. The van der Waals surface area contributed by atoms with Gasteiger partial charge in [-0.05, 0) is 19.1 Å². The Morgan fingerprint density at radius 2 is 2.33 bits per heavy atom. The second-order valence-corrected chi connectivity index (χ2v) is 5.87. The molecule has 98 valence electrons. The molecule has 1 N–H and O–H groups in total. The Bertz CT molecular complexity index is 601. The molecule has 2 heterocycles. The number of hydrogen-bond donors (Lipinski definition) is 1. The first kappa shape index (κ1) is 12.8. The largest absolute Gasteiger partial charge is 0.469 e. The summed E-state index contributed by atoms with van der Waals surface area (Å²) in [5.74, 6) is 0.747.